The summed E-state index contributed by atoms with van der Waals surface area (Å²) in [6.07, 6.45) is 0.629. The van der Waals surface area contributed by atoms with Crippen LogP contribution in [0, 0.1) is 0 Å². The molecule has 1 amide bonds. The maximum Gasteiger partial charge on any atom is 0.337 e. The number of rotatable bonds is 6. The molecule has 0 radical (unpaired) electrons. The number of aromatic carboxylic acids is 1. The van der Waals surface area contributed by atoms with E-state index < -0.39 is 5.97 Å². The first kappa shape index (κ1) is 21.1. The van der Waals surface area contributed by atoms with E-state index in [0.29, 0.717) is 17.6 Å². The number of anilines is 1. The van der Waals surface area contributed by atoms with Crippen molar-refractivity contribution in [3.8, 4) is 5.75 Å². The lowest BCUT2D eigenvalue weighted by atomic mass is 10.0. The quantitative estimate of drug-likeness (QED) is 0.451. The SMILES string of the molecule is COc1ccc2c(c1)c(=O)n(C)c1cc(CCC(=O)Nc3ccccc3C(=O)O)ccc21. The number of fused-ring (bicyclic) bond motifs is 3. The standard InChI is InChI=1S/C25H22N2O5/c1-27-22-13-15(8-12-23(28)26-21-6-4-3-5-19(21)25(30)31)7-10-18(22)17-11-9-16(32-2)14-20(17)24(27)29/h3-7,9-11,13-14H,8,12H2,1-2H3,(H,26,28)(H,30,31). The normalized spacial score (nSPS) is 10.9. The molecule has 0 atom stereocenters. The summed E-state index contributed by atoms with van der Waals surface area (Å²) in [5.74, 6) is -0.750. The Morgan fingerprint density at radius 3 is 2.50 bits per heavy atom. The predicted octanol–water partition coefficient (Wildman–Crippen LogP) is 3.97. The van der Waals surface area contributed by atoms with E-state index >= 15 is 0 Å². The third kappa shape index (κ3) is 3.92. The highest BCUT2D eigenvalue weighted by molar-refractivity contribution is 6.06. The van der Waals surface area contributed by atoms with Gasteiger partial charge >= 0.3 is 5.97 Å². The average Bonchev–Trinajstić information content (AvgIpc) is 2.81. The Balaban J connectivity index is 1.59. The second-order valence-electron chi connectivity index (χ2n) is 7.53. The van der Waals surface area contributed by atoms with Gasteiger partial charge < -0.3 is 19.7 Å². The lowest BCUT2D eigenvalue weighted by Gasteiger charge is -2.12. The van der Waals surface area contributed by atoms with E-state index in [0.717, 1.165) is 21.9 Å². The summed E-state index contributed by atoms with van der Waals surface area (Å²) in [6, 6.07) is 17.5. The van der Waals surface area contributed by atoms with Gasteiger partial charge in [0.25, 0.3) is 5.56 Å². The first-order chi connectivity index (χ1) is 15.4. The van der Waals surface area contributed by atoms with Crippen molar-refractivity contribution in [2.75, 3.05) is 12.4 Å². The summed E-state index contributed by atoms with van der Waals surface area (Å²) < 4.78 is 6.85. The molecule has 1 heterocycles. The first-order valence-electron chi connectivity index (χ1n) is 10.1. The maximum absolute atomic E-state index is 12.9. The van der Waals surface area contributed by atoms with E-state index in [4.69, 9.17) is 4.74 Å². The summed E-state index contributed by atoms with van der Waals surface area (Å²) in [5, 5.41) is 14.3. The van der Waals surface area contributed by atoms with E-state index in [-0.39, 0.29) is 29.1 Å². The van der Waals surface area contributed by atoms with E-state index in [2.05, 4.69) is 5.32 Å². The molecule has 0 aliphatic rings. The number of nitrogens with zero attached hydrogens (tertiary/aromatic N) is 1. The number of carbonyl (C=O) groups is 2. The van der Waals surface area contributed by atoms with Gasteiger partial charge in [-0.25, -0.2) is 4.79 Å². The summed E-state index contributed by atoms with van der Waals surface area (Å²) >= 11 is 0. The molecule has 162 valence electrons. The fourth-order valence-corrected chi connectivity index (χ4v) is 3.84. The van der Waals surface area contributed by atoms with Gasteiger partial charge in [-0.15, -0.1) is 0 Å². The van der Waals surface area contributed by atoms with E-state index in [1.54, 1.807) is 43.0 Å². The van der Waals surface area contributed by atoms with Gasteiger partial charge in [-0.3, -0.25) is 9.59 Å². The van der Waals surface area contributed by atoms with Crippen LogP contribution in [-0.4, -0.2) is 28.7 Å². The Morgan fingerprint density at radius 2 is 1.75 bits per heavy atom. The molecule has 0 aliphatic carbocycles. The topological polar surface area (TPSA) is 97.6 Å². The summed E-state index contributed by atoms with van der Waals surface area (Å²) in [7, 11) is 3.29. The zero-order chi connectivity index (χ0) is 22.8. The zero-order valence-electron chi connectivity index (χ0n) is 17.7. The molecule has 2 N–H and O–H groups in total. The summed E-state index contributed by atoms with van der Waals surface area (Å²) in [6.45, 7) is 0. The van der Waals surface area contributed by atoms with Gasteiger partial charge in [0, 0.05) is 18.9 Å². The highest BCUT2D eigenvalue weighted by Crippen LogP contribution is 2.27. The van der Waals surface area contributed by atoms with Crippen LogP contribution in [0.4, 0.5) is 5.69 Å². The number of carbonyl (C=O) groups excluding carboxylic acids is 1. The van der Waals surface area contributed by atoms with Crippen LogP contribution in [0.1, 0.15) is 22.3 Å². The minimum Gasteiger partial charge on any atom is -0.497 e. The number of hydrogen-bond acceptors (Lipinski definition) is 4. The first-order valence-corrected chi connectivity index (χ1v) is 10.1. The minimum absolute atomic E-state index is 0.0464. The van der Waals surface area contributed by atoms with Gasteiger partial charge in [0.05, 0.1) is 29.3 Å². The van der Waals surface area contributed by atoms with Gasteiger partial charge in [-0.05, 0) is 53.8 Å². The van der Waals surface area contributed by atoms with Gasteiger partial charge in [0.15, 0.2) is 0 Å². The van der Waals surface area contributed by atoms with Crippen LogP contribution in [0.2, 0.25) is 0 Å². The molecular formula is C25H22N2O5. The molecule has 4 aromatic rings. The number of benzene rings is 3. The number of aryl methyl sites for hydroxylation is 2. The molecule has 0 fully saturated rings. The van der Waals surface area contributed by atoms with E-state index in [1.165, 1.54) is 6.07 Å². The number of pyridine rings is 1. The largest absolute Gasteiger partial charge is 0.497 e. The number of carboxylic acids is 1. The molecular weight excluding hydrogens is 408 g/mol. The summed E-state index contributed by atoms with van der Waals surface area (Å²) in [5.41, 5.74) is 1.88. The van der Waals surface area contributed by atoms with Crippen molar-refractivity contribution in [3.63, 3.8) is 0 Å². The molecule has 0 aliphatic heterocycles. The lowest BCUT2D eigenvalue weighted by molar-refractivity contribution is -0.116. The smallest absolute Gasteiger partial charge is 0.337 e. The molecule has 0 bridgehead atoms. The molecule has 0 spiro atoms. The number of methoxy groups -OCH3 is 1. The molecule has 0 saturated heterocycles. The number of hydrogen-bond donors (Lipinski definition) is 2. The number of para-hydroxylation sites is 1. The average molecular weight is 430 g/mol. The Labute approximate surface area is 183 Å². The number of carboxylic acid groups (broad SMARTS) is 1. The highest BCUT2D eigenvalue weighted by Gasteiger charge is 2.13. The van der Waals surface area contributed by atoms with Crippen LogP contribution >= 0.6 is 0 Å². The Morgan fingerprint density at radius 1 is 1.00 bits per heavy atom. The van der Waals surface area contributed by atoms with Crippen molar-refractivity contribution < 1.29 is 19.4 Å². The van der Waals surface area contributed by atoms with E-state index in [1.807, 2.05) is 30.3 Å². The molecule has 4 rings (SSSR count). The molecule has 3 aromatic carbocycles. The van der Waals surface area contributed by atoms with Crippen molar-refractivity contribution in [2.45, 2.75) is 12.8 Å². The van der Waals surface area contributed by atoms with Gasteiger partial charge in [0.1, 0.15) is 5.75 Å². The Kier molecular flexibility index (Phi) is 5.64. The number of amides is 1. The number of ether oxygens (including phenoxy) is 1. The van der Waals surface area contributed by atoms with Gasteiger partial charge in [-0.2, -0.15) is 0 Å². The summed E-state index contributed by atoms with van der Waals surface area (Å²) in [4.78, 5) is 36.6. The minimum atomic E-state index is -1.10. The molecule has 0 saturated carbocycles. The Bertz CT molecular complexity index is 1420. The van der Waals surface area contributed by atoms with Crippen molar-refractivity contribution in [1.29, 1.82) is 0 Å². The molecule has 7 heteroatoms. The third-order valence-electron chi connectivity index (χ3n) is 5.55. The van der Waals surface area contributed by atoms with E-state index in [9.17, 15) is 19.5 Å². The van der Waals surface area contributed by atoms with Crippen molar-refractivity contribution in [3.05, 3.63) is 82.1 Å². The van der Waals surface area contributed by atoms with Gasteiger partial charge in [0.2, 0.25) is 5.91 Å². The van der Waals surface area contributed by atoms with Crippen LogP contribution in [0.5, 0.6) is 5.75 Å². The molecule has 1 aromatic heterocycles. The van der Waals surface area contributed by atoms with Crippen molar-refractivity contribution in [1.82, 2.24) is 4.57 Å². The Hall–Kier alpha value is -4.13. The molecule has 0 unspecified atom stereocenters. The zero-order valence-corrected chi connectivity index (χ0v) is 17.7. The highest BCUT2D eigenvalue weighted by atomic mass is 16.5. The monoisotopic (exact) mass is 430 g/mol. The number of nitrogens with one attached hydrogen (secondary N) is 1. The maximum atomic E-state index is 12.9. The van der Waals surface area contributed by atoms with Crippen LogP contribution in [0.25, 0.3) is 21.7 Å². The molecule has 7 nitrogen and oxygen atoms in total. The predicted molar refractivity (Wildman–Crippen MR) is 124 cm³/mol. The lowest BCUT2D eigenvalue weighted by Crippen LogP contribution is -2.18. The van der Waals surface area contributed by atoms with Crippen LogP contribution in [0.3, 0.4) is 0 Å². The second kappa shape index (κ2) is 8.55. The van der Waals surface area contributed by atoms with Gasteiger partial charge in [-0.1, -0.05) is 24.3 Å². The van der Waals surface area contributed by atoms with Crippen molar-refractivity contribution >= 4 is 39.2 Å². The van der Waals surface area contributed by atoms with Crippen molar-refractivity contribution in [2.24, 2.45) is 7.05 Å². The number of aromatic nitrogens is 1. The molecule has 32 heavy (non-hydrogen) atoms. The third-order valence-corrected chi connectivity index (χ3v) is 5.55. The van der Waals surface area contributed by atoms with Crippen LogP contribution in [-0.2, 0) is 18.3 Å². The fraction of sp³-hybridized carbons (Fsp3) is 0.160. The second-order valence-corrected chi connectivity index (χ2v) is 7.53. The van der Waals surface area contributed by atoms with Crippen LogP contribution < -0.4 is 15.6 Å². The van der Waals surface area contributed by atoms with Crippen LogP contribution in [0.15, 0.2) is 65.5 Å². The fourth-order valence-electron chi connectivity index (χ4n) is 3.84.